The summed E-state index contributed by atoms with van der Waals surface area (Å²) in [6.07, 6.45) is 0.593. The van der Waals surface area contributed by atoms with Gasteiger partial charge in [-0.2, -0.15) is 0 Å². The van der Waals surface area contributed by atoms with E-state index in [0.717, 1.165) is 5.56 Å². The van der Waals surface area contributed by atoms with E-state index in [1.807, 2.05) is 65.8 Å². The molecule has 0 fully saturated rings. The van der Waals surface area contributed by atoms with E-state index in [2.05, 4.69) is 0 Å². The fourth-order valence-corrected chi connectivity index (χ4v) is 11.8. The molecule has 0 aliphatic carbocycles. The number of hydrogen-bond acceptors (Lipinski definition) is 6. The van der Waals surface area contributed by atoms with E-state index in [4.69, 9.17) is 38.2 Å². The highest BCUT2D eigenvalue weighted by Crippen LogP contribution is 2.40. The van der Waals surface area contributed by atoms with E-state index in [-0.39, 0.29) is 5.16 Å². The van der Waals surface area contributed by atoms with Gasteiger partial charge in [0.2, 0.25) is 0 Å². The summed E-state index contributed by atoms with van der Waals surface area (Å²) in [6, 6.07) is 7.76. The molecule has 0 aliphatic heterocycles. The topological polar surface area (TPSA) is 55.4 Å². The van der Waals surface area contributed by atoms with Crippen LogP contribution in [0.3, 0.4) is 0 Å². The van der Waals surface area contributed by atoms with Crippen molar-refractivity contribution in [1.82, 2.24) is 0 Å². The van der Waals surface area contributed by atoms with Gasteiger partial charge >= 0.3 is 17.6 Å². The monoisotopic (exact) mass is 464 g/mol. The van der Waals surface area contributed by atoms with Crippen LogP contribution >= 0.6 is 11.6 Å². The highest BCUT2D eigenvalue weighted by atomic mass is 35.5. The third kappa shape index (κ3) is 7.41. The Morgan fingerprint density at radius 1 is 0.621 bits per heavy atom. The van der Waals surface area contributed by atoms with Gasteiger partial charge in [0, 0.05) is 44.7 Å². The SMILES string of the molecule is CCO[Si](OCC)(OCC)C(Cc1ccc(Cl)cc1)[Si](OCC)(OCC)OCC. The van der Waals surface area contributed by atoms with Gasteiger partial charge in [-0.15, -0.1) is 0 Å². The molecule has 0 heterocycles. The minimum absolute atomic E-state index is 0.295. The maximum atomic E-state index is 6.28. The van der Waals surface area contributed by atoms with Gasteiger partial charge in [-0.3, -0.25) is 0 Å². The molecule has 1 aromatic rings. The lowest BCUT2D eigenvalue weighted by Crippen LogP contribution is -2.64. The maximum absolute atomic E-state index is 6.28. The van der Waals surface area contributed by atoms with Crippen LogP contribution in [0.1, 0.15) is 47.1 Å². The molecule has 6 nitrogen and oxygen atoms in total. The van der Waals surface area contributed by atoms with Crippen molar-refractivity contribution in [3.05, 3.63) is 34.9 Å². The Morgan fingerprint density at radius 3 is 1.21 bits per heavy atom. The van der Waals surface area contributed by atoms with E-state index in [9.17, 15) is 0 Å². The summed E-state index contributed by atoms with van der Waals surface area (Å²) < 4.78 is 37.7. The lowest BCUT2D eigenvalue weighted by Gasteiger charge is -2.42. The number of rotatable bonds is 16. The first kappa shape index (κ1) is 26.7. The molecule has 0 spiro atoms. The van der Waals surface area contributed by atoms with Crippen LogP contribution < -0.4 is 0 Å². The molecule has 168 valence electrons. The van der Waals surface area contributed by atoms with Crippen LogP contribution in [0.5, 0.6) is 0 Å². The molecule has 0 amide bonds. The van der Waals surface area contributed by atoms with Crippen molar-refractivity contribution in [2.24, 2.45) is 0 Å². The second-order valence-corrected chi connectivity index (χ2v) is 12.7. The summed E-state index contributed by atoms with van der Waals surface area (Å²) in [5.41, 5.74) is 1.08. The molecular formula is C20H37ClO6Si2. The van der Waals surface area contributed by atoms with Crippen molar-refractivity contribution in [2.75, 3.05) is 39.6 Å². The lowest BCUT2D eigenvalue weighted by atomic mass is 10.2. The molecule has 0 bridgehead atoms. The van der Waals surface area contributed by atoms with Crippen molar-refractivity contribution in [2.45, 2.75) is 53.1 Å². The largest absolute Gasteiger partial charge is 0.509 e. The first-order chi connectivity index (χ1) is 14.0. The average molecular weight is 465 g/mol. The fourth-order valence-electron chi connectivity index (χ4n) is 3.38. The van der Waals surface area contributed by atoms with E-state index >= 15 is 0 Å². The maximum Gasteiger partial charge on any atom is 0.509 e. The van der Waals surface area contributed by atoms with E-state index in [1.165, 1.54) is 0 Å². The highest BCUT2D eigenvalue weighted by Gasteiger charge is 2.65. The van der Waals surface area contributed by atoms with Gasteiger partial charge in [0.1, 0.15) is 5.16 Å². The van der Waals surface area contributed by atoms with Crippen LogP contribution in [0, 0.1) is 0 Å². The molecule has 1 rings (SSSR count). The third-order valence-corrected chi connectivity index (χ3v) is 12.9. The van der Waals surface area contributed by atoms with Gasteiger partial charge in [0.15, 0.2) is 0 Å². The first-order valence-electron chi connectivity index (χ1n) is 10.5. The van der Waals surface area contributed by atoms with Crippen LogP contribution in [-0.2, 0) is 33.0 Å². The zero-order chi connectivity index (χ0) is 21.8. The van der Waals surface area contributed by atoms with Crippen LogP contribution in [0.2, 0.25) is 10.2 Å². The van der Waals surface area contributed by atoms with Gasteiger partial charge in [-0.05, 0) is 65.7 Å². The standard InChI is InChI=1S/C20H37ClO6Si2/c1-7-22-28(23-8-2,24-9-3)20(17-18-13-15-19(21)16-14-18)29(25-10-4,26-11-5)27-12-6/h13-16,20H,7-12,17H2,1-6H3. The zero-order valence-electron chi connectivity index (χ0n) is 18.7. The number of halogens is 1. The Kier molecular flexibility index (Phi) is 12.8. The Labute approximate surface area is 183 Å². The second kappa shape index (κ2) is 13.9. The third-order valence-electron chi connectivity index (χ3n) is 4.28. The Balaban J connectivity index is 3.58. The van der Waals surface area contributed by atoms with Crippen LogP contribution in [-0.4, -0.2) is 57.3 Å². The van der Waals surface area contributed by atoms with Crippen molar-refractivity contribution in [3.8, 4) is 0 Å². The Bertz CT molecular complexity index is 500. The molecule has 0 aromatic heterocycles. The molecule has 0 N–H and O–H groups in total. The molecule has 0 saturated carbocycles. The summed E-state index contributed by atoms with van der Waals surface area (Å²) >= 11 is 6.10. The normalized spacial score (nSPS) is 12.7. The molecule has 29 heavy (non-hydrogen) atoms. The van der Waals surface area contributed by atoms with Gasteiger partial charge in [0.05, 0.1) is 0 Å². The average Bonchev–Trinajstić information content (AvgIpc) is 2.68. The van der Waals surface area contributed by atoms with E-state index in [0.29, 0.717) is 51.1 Å². The molecular weight excluding hydrogens is 428 g/mol. The molecule has 0 unspecified atom stereocenters. The molecule has 0 atom stereocenters. The second-order valence-electron chi connectivity index (χ2n) is 6.19. The summed E-state index contributed by atoms with van der Waals surface area (Å²) in [6.45, 7) is 14.5. The Morgan fingerprint density at radius 2 is 0.931 bits per heavy atom. The van der Waals surface area contributed by atoms with Gasteiger partial charge < -0.3 is 26.6 Å². The molecule has 0 aliphatic rings. The molecule has 1 aromatic carbocycles. The number of hydrogen-bond donors (Lipinski definition) is 0. The summed E-state index contributed by atoms with van der Waals surface area (Å²) in [7, 11) is -6.43. The van der Waals surface area contributed by atoms with E-state index < -0.39 is 17.6 Å². The zero-order valence-corrected chi connectivity index (χ0v) is 21.4. The van der Waals surface area contributed by atoms with Crippen molar-refractivity contribution in [1.29, 1.82) is 0 Å². The summed E-state index contributed by atoms with van der Waals surface area (Å²) in [4.78, 5) is 0. The predicted molar refractivity (Wildman–Crippen MR) is 120 cm³/mol. The van der Waals surface area contributed by atoms with E-state index in [1.54, 1.807) is 0 Å². The van der Waals surface area contributed by atoms with Crippen LogP contribution in [0.15, 0.2) is 24.3 Å². The smallest absolute Gasteiger partial charge is 0.374 e. The minimum atomic E-state index is -3.21. The van der Waals surface area contributed by atoms with Gasteiger partial charge in [0.25, 0.3) is 0 Å². The van der Waals surface area contributed by atoms with Crippen LogP contribution in [0.25, 0.3) is 0 Å². The molecule has 9 heteroatoms. The minimum Gasteiger partial charge on any atom is -0.374 e. The highest BCUT2D eigenvalue weighted by molar-refractivity contribution is 6.82. The predicted octanol–water partition coefficient (Wildman–Crippen LogP) is 4.89. The van der Waals surface area contributed by atoms with Gasteiger partial charge in [-0.1, -0.05) is 23.7 Å². The quantitative estimate of drug-likeness (QED) is 0.325. The van der Waals surface area contributed by atoms with Crippen LogP contribution in [0.4, 0.5) is 0 Å². The van der Waals surface area contributed by atoms with Gasteiger partial charge in [-0.25, -0.2) is 0 Å². The lowest BCUT2D eigenvalue weighted by molar-refractivity contribution is 0.0325. The van der Waals surface area contributed by atoms with Crippen molar-refractivity contribution < 1.29 is 26.6 Å². The van der Waals surface area contributed by atoms with Crippen molar-refractivity contribution >= 4 is 29.2 Å². The number of benzene rings is 1. The Hall–Kier alpha value is -0.296. The summed E-state index contributed by atoms with van der Waals surface area (Å²) in [5.74, 6) is 0. The van der Waals surface area contributed by atoms with Crippen molar-refractivity contribution in [3.63, 3.8) is 0 Å². The molecule has 0 radical (unpaired) electrons. The molecule has 0 saturated heterocycles. The first-order valence-corrected chi connectivity index (χ1v) is 14.5. The summed E-state index contributed by atoms with van der Waals surface area (Å²) in [5, 5.41) is 0.395. The fraction of sp³-hybridized carbons (Fsp3) is 0.700.